The second kappa shape index (κ2) is 7.28. The van der Waals surface area contributed by atoms with Gasteiger partial charge in [0.25, 0.3) is 0 Å². The summed E-state index contributed by atoms with van der Waals surface area (Å²) in [6, 6.07) is 7.67. The predicted molar refractivity (Wildman–Crippen MR) is 83.2 cm³/mol. The molecule has 1 aromatic carbocycles. The lowest BCUT2D eigenvalue weighted by molar-refractivity contribution is 0.415. The first-order valence-corrected chi connectivity index (χ1v) is 7.65. The van der Waals surface area contributed by atoms with Crippen LogP contribution in [-0.2, 0) is 0 Å². The number of nitrogens with zero attached hydrogens (tertiary/aromatic N) is 1. The van der Waals surface area contributed by atoms with Crippen LogP contribution in [0.5, 0.6) is 5.75 Å². The summed E-state index contributed by atoms with van der Waals surface area (Å²) < 4.78 is 5.17. The minimum Gasteiger partial charge on any atom is -0.497 e. The van der Waals surface area contributed by atoms with E-state index in [0.29, 0.717) is 11.2 Å². The van der Waals surface area contributed by atoms with Gasteiger partial charge in [0.05, 0.1) is 13.7 Å². The molecule has 104 valence electrons. The zero-order valence-corrected chi connectivity index (χ0v) is 12.1. The second-order valence-electron chi connectivity index (χ2n) is 4.57. The van der Waals surface area contributed by atoms with Crippen molar-refractivity contribution in [1.82, 2.24) is 0 Å². The summed E-state index contributed by atoms with van der Waals surface area (Å²) in [5.74, 6) is 2.53. The van der Waals surface area contributed by atoms with Gasteiger partial charge in [0.15, 0.2) is 5.96 Å². The van der Waals surface area contributed by atoms with Gasteiger partial charge in [-0.3, -0.25) is 4.99 Å². The first kappa shape index (κ1) is 14.1. The number of nitrogens with one attached hydrogen (secondary N) is 1. The van der Waals surface area contributed by atoms with E-state index in [1.54, 1.807) is 7.11 Å². The third-order valence-electron chi connectivity index (χ3n) is 3.08. The fourth-order valence-electron chi connectivity index (χ4n) is 2.04. The van der Waals surface area contributed by atoms with Crippen LogP contribution in [0.1, 0.15) is 19.3 Å². The number of methoxy groups -OCH3 is 1. The van der Waals surface area contributed by atoms with Gasteiger partial charge in [-0.2, -0.15) is 11.8 Å². The van der Waals surface area contributed by atoms with Crippen LogP contribution in [0, 0.1) is 0 Å². The number of guanidine groups is 1. The number of hydrogen-bond acceptors (Lipinski definition) is 3. The van der Waals surface area contributed by atoms with Crippen molar-refractivity contribution in [3.63, 3.8) is 0 Å². The molecule has 2 rings (SSSR count). The van der Waals surface area contributed by atoms with Crippen molar-refractivity contribution in [2.75, 3.05) is 24.7 Å². The van der Waals surface area contributed by atoms with Crippen LogP contribution in [-0.4, -0.2) is 30.6 Å². The monoisotopic (exact) mass is 279 g/mol. The van der Waals surface area contributed by atoms with Crippen LogP contribution in [0.4, 0.5) is 5.69 Å². The molecule has 3 N–H and O–H groups in total. The number of aliphatic imine (C=N–C) groups is 1. The Bertz CT molecular complexity index is 430. The van der Waals surface area contributed by atoms with E-state index in [9.17, 15) is 0 Å². The van der Waals surface area contributed by atoms with Crippen molar-refractivity contribution in [3.8, 4) is 5.75 Å². The van der Waals surface area contributed by atoms with Crippen molar-refractivity contribution in [2.45, 2.75) is 24.5 Å². The molecule has 0 saturated carbocycles. The van der Waals surface area contributed by atoms with E-state index in [0.717, 1.165) is 18.0 Å². The molecule has 1 aliphatic rings. The third kappa shape index (κ3) is 4.67. The molecule has 1 atom stereocenters. The summed E-state index contributed by atoms with van der Waals surface area (Å²) >= 11 is 2.01. The van der Waals surface area contributed by atoms with Gasteiger partial charge in [-0.05, 0) is 30.7 Å². The van der Waals surface area contributed by atoms with Gasteiger partial charge in [-0.15, -0.1) is 0 Å². The van der Waals surface area contributed by atoms with E-state index in [1.807, 2.05) is 36.0 Å². The van der Waals surface area contributed by atoms with Gasteiger partial charge in [0.2, 0.25) is 0 Å². The molecule has 0 aliphatic carbocycles. The molecule has 0 aromatic heterocycles. The van der Waals surface area contributed by atoms with Crippen molar-refractivity contribution >= 4 is 23.4 Å². The van der Waals surface area contributed by atoms with Crippen LogP contribution in [0.3, 0.4) is 0 Å². The van der Waals surface area contributed by atoms with Crippen LogP contribution in [0.25, 0.3) is 0 Å². The van der Waals surface area contributed by atoms with Crippen LogP contribution >= 0.6 is 11.8 Å². The average Bonchev–Trinajstić information content (AvgIpc) is 2.46. The summed E-state index contributed by atoms with van der Waals surface area (Å²) in [4.78, 5) is 4.42. The standard InChI is InChI=1S/C14H21N3OS/c1-18-12-6-4-5-11(9-12)17-14(15)16-10-13-7-2-3-8-19-13/h4-6,9,13H,2-3,7-8,10H2,1H3,(H3,15,16,17). The van der Waals surface area contributed by atoms with Gasteiger partial charge in [0, 0.05) is 17.0 Å². The second-order valence-corrected chi connectivity index (χ2v) is 5.98. The Morgan fingerprint density at radius 1 is 1.53 bits per heavy atom. The highest BCUT2D eigenvalue weighted by Crippen LogP contribution is 2.25. The highest BCUT2D eigenvalue weighted by Gasteiger charge is 2.13. The maximum absolute atomic E-state index is 5.90. The summed E-state index contributed by atoms with van der Waals surface area (Å²) in [6.07, 6.45) is 3.90. The summed E-state index contributed by atoms with van der Waals surface area (Å²) in [5.41, 5.74) is 6.80. The number of thioether (sulfide) groups is 1. The van der Waals surface area contributed by atoms with Crippen molar-refractivity contribution < 1.29 is 4.74 Å². The predicted octanol–water partition coefficient (Wildman–Crippen LogP) is 2.71. The number of ether oxygens (including phenoxy) is 1. The van der Waals surface area contributed by atoms with Crippen LogP contribution in [0.2, 0.25) is 0 Å². The first-order chi connectivity index (χ1) is 9.28. The number of rotatable bonds is 4. The molecule has 0 radical (unpaired) electrons. The lowest BCUT2D eigenvalue weighted by Gasteiger charge is -2.19. The first-order valence-electron chi connectivity index (χ1n) is 6.60. The minimum absolute atomic E-state index is 0.472. The Morgan fingerprint density at radius 2 is 2.42 bits per heavy atom. The minimum atomic E-state index is 0.472. The molecular formula is C14H21N3OS. The molecule has 0 amide bonds. The molecular weight excluding hydrogens is 258 g/mol. The smallest absolute Gasteiger partial charge is 0.193 e. The number of nitrogens with two attached hydrogens (primary N) is 1. The average molecular weight is 279 g/mol. The van der Waals surface area contributed by atoms with Crippen molar-refractivity contribution in [3.05, 3.63) is 24.3 Å². The van der Waals surface area contributed by atoms with Gasteiger partial charge in [-0.25, -0.2) is 0 Å². The SMILES string of the molecule is COc1cccc(NC(N)=NCC2CCCCS2)c1. The van der Waals surface area contributed by atoms with E-state index < -0.39 is 0 Å². The van der Waals surface area contributed by atoms with E-state index in [-0.39, 0.29) is 0 Å². The van der Waals surface area contributed by atoms with E-state index in [4.69, 9.17) is 10.5 Å². The number of benzene rings is 1. The molecule has 1 aromatic rings. The Morgan fingerprint density at radius 3 is 3.16 bits per heavy atom. The molecule has 1 aliphatic heterocycles. The topological polar surface area (TPSA) is 59.6 Å². The Balaban J connectivity index is 1.86. The van der Waals surface area contributed by atoms with E-state index in [2.05, 4.69) is 10.3 Å². The van der Waals surface area contributed by atoms with E-state index >= 15 is 0 Å². The maximum atomic E-state index is 5.90. The highest BCUT2D eigenvalue weighted by molar-refractivity contribution is 7.99. The summed E-state index contributed by atoms with van der Waals surface area (Å²) in [5, 5.41) is 3.72. The molecule has 0 spiro atoms. The third-order valence-corrected chi connectivity index (χ3v) is 4.46. The largest absolute Gasteiger partial charge is 0.497 e. The number of anilines is 1. The molecule has 1 saturated heterocycles. The Labute approximate surface area is 118 Å². The Hall–Kier alpha value is -1.36. The van der Waals surface area contributed by atoms with Crippen LogP contribution < -0.4 is 15.8 Å². The van der Waals surface area contributed by atoms with Crippen molar-refractivity contribution in [1.29, 1.82) is 0 Å². The molecule has 1 fully saturated rings. The molecule has 5 heteroatoms. The van der Waals surface area contributed by atoms with Gasteiger partial charge in [0.1, 0.15) is 5.75 Å². The zero-order chi connectivity index (χ0) is 13.5. The quantitative estimate of drug-likeness (QED) is 0.657. The fraction of sp³-hybridized carbons (Fsp3) is 0.500. The highest BCUT2D eigenvalue weighted by atomic mass is 32.2. The summed E-state index contributed by atoms with van der Waals surface area (Å²) in [7, 11) is 1.65. The van der Waals surface area contributed by atoms with Gasteiger partial charge >= 0.3 is 0 Å². The molecule has 0 bridgehead atoms. The summed E-state index contributed by atoms with van der Waals surface area (Å²) in [6.45, 7) is 0.799. The lowest BCUT2D eigenvalue weighted by Crippen LogP contribution is -2.24. The zero-order valence-electron chi connectivity index (χ0n) is 11.3. The molecule has 4 nitrogen and oxygen atoms in total. The molecule has 1 heterocycles. The van der Waals surface area contributed by atoms with Gasteiger partial charge in [-0.1, -0.05) is 12.5 Å². The lowest BCUT2D eigenvalue weighted by atomic mass is 10.2. The fourth-order valence-corrected chi connectivity index (χ4v) is 3.26. The van der Waals surface area contributed by atoms with Crippen LogP contribution in [0.15, 0.2) is 29.3 Å². The maximum Gasteiger partial charge on any atom is 0.193 e. The van der Waals surface area contributed by atoms with Gasteiger partial charge < -0.3 is 15.8 Å². The number of hydrogen-bond donors (Lipinski definition) is 2. The van der Waals surface area contributed by atoms with Crippen molar-refractivity contribution in [2.24, 2.45) is 10.7 Å². The van der Waals surface area contributed by atoms with E-state index in [1.165, 1.54) is 25.0 Å². The Kier molecular flexibility index (Phi) is 5.39. The molecule has 19 heavy (non-hydrogen) atoms. The normalized spacial score (nSPS) is 20.1. The molecule has 1 unspecified atom stereocenters.